The van der Waals surface area contributed by atoms with Gasteiger partial charge in [0.25, 0.3) is 10.0 Å². The summed E-state index contributed by atoms with van der Waals surface area (Å²) in [5.74, 6) is 0.174. The zero-order valence-electron chi connectivity index (χ0n) is 17.4. The SMILES string of the molecule is O=C(C1CCCN(S(=O)(=O)c2ccc(Cl)s2)C1)N1CCC(c2nc3ccccc3s2)CC1. The van der Waals surface area contributed by atoms with Crippen LogP contribution in [0.3, 0.4) is 0 Å². The van der Waals surface area contributed by atoms with Crippen molar-refractivity contribution >= 4 is 60.4 Å². The van der Waals surface area contributed by atoms with Crippen LogP contribution in [0.1, 0.15) is 36.6 Å². The van der Waals surface area contributed by atoms with Crippen LogP contribution in [0.5, 0.6) is 0 Å². The molecule has 0 bridgehead atoms. The number of piperidine rings is 2. The lowest BCUT2D eigenvalue weighted by atomic mass is 9.93. The quantitative estimate of drug-likeness (QED) is 0.505. The number of para-hydroxylation sites is 1. The molecule has 0 radical (unpaired) electrons. The largest absolute Gasteiger partial charge is 0.342 e. The molecule has 2 aliphatic heterocycles. The van der Waals surface area contributed by atoms with Gasteiger partial charge >= 0.3 is 0 Å². The Balaban J connectivity index is 1.22. The Kier molecular flexibility index (Phi) is 6.28. The van der Waals surface area contributed by atoms with E-state index in [1.807, 2.05) is 23.1 Å². The Bertz CT molecular complexity index is 1200. The smallest absolute Gasteiger partial charge is 0.252 e. The van der Waals surface area contributed by atoms with Gasteiger partial charge in [-0.25, -0.2) is 13.4 Å². The molecule has 1 atom stereocenters. The number of likely N-dealkylation sites (tertiary alicyclic amines) is 1. The van der Waals surface area contributed by atoms with E-state index in [4.69, 9.17) is 16.6 Å². The molecule has 2 aromatic heterocycles. The Morgan fingerprint density at radius 3 is 2.53 bits per heavy atom. The highest BCUT2D eigenvalue weighted by molar-refractivity contribution is 7.91. The van der Waals surface area contributed by atoms with Crippen LogP contribution in [0, 0.1) is 5.92 Å². The molecule has 1 amide bonds. The summed E-state index contributed by atoms with van der Waals surface area (Å²) >= 11 is 8.74. The number of sulfonamides is 1. The van der Waals surface area contributed by atoms with Crippen molar-refractivity contribution in [1.29, 1.82) is 0 Å². The summed E-state index contributed by atoms with van der Waals surface area (Å²) < 4.78 is 29.3. The van der Waals surface area contributed by atoms with Crippen molar-refractivity contribution in [1.82, 2.24) is 14.2 Å². The van der Waals surface area contributed by atoms with Crippen LogP contribution in [0.4, 0.5) is 0 Å². The fraction of sp³-hybridized carbons (Fsp3) is 0.455. The van der Waals surface area contributed by atoms with Crippen molar-refractivity contribution < 1.29 is 13.2 Å². The highest BCUT2D eigenvalue weighted by Gasteiger charge is 2.37. The van der Waals surface area contributed by atoms with Crippen molar-refractivity contribution in [2.75, 3.05) is 26.2 Å². The van der Waals surface area contributed by atoms with Gasteiger partial charge in [-0.1, -0.05) is 23.7 Å². The highest BCUT2D eigenvalue weighted by atomic mass is 35.5. The number of benzene rings is 1. The first-order valence-electron chi connectivity index (χ1n) is 10.8. The number of halogens is 1. The molecule has 0 spiro atoms. The molecular formula is C22H24ClN3O3S3. The van der Waals surface area contributed by atoms with Crippen LogP contribution < -0.4 is 0 Å². The van der Waals surface area contributed by atoms with Crippen LogP contribution in [0.25, 0.3) is 10.2 Å². The third-order valence-electron chi connectivity index (χ3n) is 6.34. The summed E-state index contributed by atoms with van der Waals surface area (Å²) in [5, 5.41) is 1.16. The molecule has 10 heteroatoms. The molecule has 32 heavy (non-hydrogen) atoms. The van der Waals surface area contributed by atoms with Crippen LogP contribution in [-0.4, -0.2) is 54.7 Å². The lowest BCUT2D eigenvalue weighted by Crippen LogP contribution is -2.48. The molecule has 0 saturated carbocycles. The van der Waals surface area contributed by atoms with E-state index in [-0.39, 0.29) is 22.6 Å². The fourth-order valence-electron chi connectivity index (χ4n) is 4.60. The topological polar surface area (TPSA) is 70.6 Å². The minimum Gasteiger partial charge on any atom is -0.342 e. The summed E-state index contributed by atoms with van der Waals surface area (Å²) in [6.45, 7) is 2.09. The van der Waals surface area contributed by atoms with Crippen LogP contribution >= 0.6 is 34.3 Å². The van der Waals surface area contributed by atoms with Crippen molar-refractivity contribution in [2.45, 2.75) is 35.8 Å². The molecule has 6 nitrogen and oxygen atoms in total. The van der Waals surface area contributed by atoms with Crippen molar-refractivity contribution in [3.05, 3.63) is 45.7 Å². The number of aromatic nitrogens is 1. The van der Waals surface area contributed by atoms with E-state index < -0.39 is 10.0 Å². The lowest BCUT2D eigenvalue weighted by Gasteiger charge is -2.37. The number of thiazole rings is 1. The van der Waals surface area contributed by atoms with E-state index in [2.05, 4.69) is 6.07 Å². The average Bonchev–Trinajstić information content (AvgIpc) is 3.45. The number of carbonyl (C=O) groups excluding carboxylic acids is 1. The van der Waals surface area contributed by atoms with Crippen molar-refractivity contribution in [3.63, 3.8) is 0 Å². The van der Waals surface area contributed by atoms with Gasteiger partial charge in [0.2, 0.25) is 5.91 Å². The monoisotopic (exact) mass is 509 g/mol. The zero-order chi connectivity index (χ0) is 22.3. The minimum atomic E-state index is -3.61. The number of hydrogen-bond acceptors (Lipinski definition) is 6. The maximum absolute atomic E-state index is 13.2. The van der Waals surface area contributed by atoms with Crippen molar-refractivity contribution in [3.8, 4) is 0 Å². The number of carbonyl (C=O) groups is 1. The lowest BCUT2D eigenvalue weighted by molar-refractivity contribution is -0.137. The molecule has 0 N–H and O–H groups in total. The van der Waals surface area contributed by atoms with Crippen molar-refractivity contribution in [2.24, 2.45) is 5.92 Å². The standard InChI is InChI=1S/C22H24ClN3O3S3/c23-19-7-8-20(31-19)32(28,29)26-11-3-4-16(14-26)22(27)25-12-9-15(10-13-25)21-24-17-5-1-2-6-18(17)30-21/h1-2,5-8,15-16H,3-4,9-14H2. The van der Waals surface area contributed by atoms with Gasteiger partial charge in [0.15, 0.2) is 0 Å². The molecule has 2 aliphatic rings. The number of hydrogen-bond donors (Lipinski definition) is 0. The third-order valence-corrected chi connectivity index (χ3v) is 11.1. The second kappa shape index (κ2) is 9.02. The van der Waals surface area contributed by atoms with E-state index >= 15 is 0 Å². The summed E-state index contributed by atoms with van der Waals surface area (Å²) in [5.41, 5.74) is 1.04. The van der Waals surface area contributed by atoms with Crippen LogP contribution in [-0.2, 0) is 14.8 Å². The van der Waals surface area contributed by atoms with Crippen LogP contribution in [0.15, 0.2) is 40.6 Å². The van der Waals surface area contributed by atoms with E-state index in [0.29, 0.717) is 36.3 Å². The number of thiophene rings is 1. The van der Waals surface area contributed by atoms with E-state index in [1.54, 1.807) is 23.5 Å². The van der Waals surface area contributed by atoms with Gasteiger partial charge in [-0.3, -0.25) is 4.79 Å². The number of amides is 1. The summed E-state index contributed by atoms with van der Waals surface area (Å²) in [4.78, 5) is 19.9. The molecule has 2 fully saturated rings. The first-order valence-corrected chi connectivity index (χ1v) is 14.3. The molecular weight excluding hydrogens is 486 g/mol. The summed E-state index contributed by atoms with van der Waals surface area (Å²) in [6.07, 6.45) is 3.22. The van der Waals surface area contributed by atoms with Gasteiger partial charge in [0.05, 0.1) is 25.5 Å². The highest BCUT2D eigenvalue weighted by Crippen LogP contribution is 2.35. The summed E-state index contributed by atoms with van der Waals surface area (Å²) in [7, 11) is -3.61. The molecule has 2 saturated heterocycles. The number of fused-ring (bicyclic) bond motifs is 1. The molecule has 1 unspecified atom stereocenters. The zero-order valence-corrected chi connectivity index (χ0v) is 20.7. The van der Waals surface area contributed by atoms with E-state index in [1.165, 1.54) is 9.01 Å². The maximum atomic E-state index is 13.2. The Labute approximate surface area is 200 Å². The molecule has 5 rings (SSSR count). The summed E-state index contributed by atoms with van der Waals surface area (Å²) in [6, 6.07) is 11.3. The number of nitrogens with zero attached hydrogens (tertiary/aromatic N) is 3. The Morgan fingerprint density at radius 2 is 1.81 bits per heavy atom. The van der Waals surface area contributed by atoms with Gasteiger partial charge in [-0.05, 0) is 49.9 Å². The minimum absolute atomic E-state index is 0.0804. The normalized spacial score (nSPS) is 21.3. The van der Waals surface area contributed by atoms with Gasteiger partial charge in [-0.15, -0.1) is 22.7 Å². The molecule has 1 aromatic carbocycles. The molecule has 170 valence electrons. The van der Waals surface area contributed by atoms with Gasteiger partial charge in [0, 0.05) is 32.1 Å². The predicted octanol–water partition coefficient (Wildman–Crippen LogP) is 4.82. The van der Waals surface area contributed by atoms with Crippen LogP contribution in [0.2, 0.25) is 4.34 Å². The predicted molar refractivity (Wildman–Crippen MR) is 129 cm³/mol. The molecule has 4 heterocycles. The van der Waals surface area contributed by atoms with Gasteiger partial charge < -0.3 is 4.90 Å². The maximum Gasteiger partial charge on any atom is 0.252 e. The number of rotatable bonds is 4. The fourth-order valence-corrected chi connectivity index (χ4v) is 8.89. The van der Waals surface area contributed by atoms with Gasteiger partial charge in [0.1, 0.15) is 4.21 Å². The Hall–Kier alpha value is -1.52. The molecule has 3 aromatic rings. The third kappa shape index (κ3) is 4.33. The second-order valence-electron chi connectivity index (χ2n) is 8.38. The van der Waals surface area contributed by atoms with E-state index in [9.17, 15) is 13.2 Å². The Morgan fingerprint density at radius 1 is 1.03 bits per heavy atom. The second-order valence-corrected chi connectivity index (χ2v) is 13.3. The molecule has 0 aliphatic carbocycles. The average molecular weight is 510 g/mol. The first kappa shape index (κ1) is 22.3. The first-order chi connectivity index (χ1) is 15.4. The van der Waals surface area contributed by atoms with E-state index in [0.717, 1.165) is 41.1 Å². The van der Waals surface area contributed by atoms with Gasteiger partial charge in [-0.2, -0.15) is 4.31 Å².